The first-order valence-corrected chi connectivity index (χ1v) is 8.14. The van der Waals surface area contributed by atoms with E-state index in [1.54, 1.807) is 6.08 Å². The summed E-state index contributed by atoms with van der Waals surface area (Å²) in [5.41, 5.74) is 2.82. The molecule has 0 aliphatic carbocycles. The molecule has 0 N–H and O–H groups in total. The average molecular weight is 325 g/mol. The van der Waals surface area contributed by atoms with Crippen molar-refractivity contribution in [2.45, 2.75) is 6.92 Å². The average Bonchev–Trinajstić information content (AvgIpc) is 2.69. The fraction of sp³-hybridized carbons (Fsp3) is 0.0455. The van der Waals surface area contributed by atoms with Gasteiger partial charge in [0.15, 0.2) is 17.5 Å². The van der Waals surface area contributed by atoms with Gasteiger partial charge in [0.1, 0.15) is 0 Å². The van der Waals surface area contributed by atoms with Crippen LogP contribution in [0.2, 0.25) is 0 Å². The normalized spacial score (nSPS) is 11.6. The summed E-state index contributed by atoms with van der Waals surface area (Å²) in [4.78, 5) is 14.0. The van der Waals surface area contributed by atoms with Gasteiger partial charge in [-0.15, -0.1) is 0 Å². The van der Waals surface area contributed by atoms with Crippen LogP contribution in [-0.2, 0) is 0 Å². The molecule has 3 heteroatoms. The third-order valence-electron chi connectivity index (χ3n) is 3.60. The molecule has 3 aromatic rings. The third-order valence-corrected chi connectivity index (χ3v) is 3.60. The van der Waals surface area contributed by atoms with E-state index in [0.29, 0.717) is 17.5 Å². The summed E-state index contributed by atoms with van der Waals surface area (Å²) in [6.07, 6.45) is 7.58. The van der Waals surface area contributed by atoms with E-state index in [1.807, 2.05) is 85.8 Å². The summed E-state index contributed by atoms with van der Waals surface area (Å²) < 4.78 is 0. The zero-order valence-electron chi connectivity index (χ0n) is 14.1. The second kappa shape index (κ2) is 7.97. The summed E-state index contributed by atoms with van der Waals surface area (Å²) >= 11 is 0. The molecule has 0 aliphatic heterocycles. The van der Waals surface area contributed by atoms with Crippen molar-refractivity contribution >= 4 is 5.57 Å². The minimum atomic E-state index is 0.630. The number of hydrogen-bond acceptors (Lipinski definition) is 3. The van der Waals surface area contributed by atoms with Gasteiger partial charge in [0, 0.05) is 16.7 Å². The lowest BCUT2D eigenvalue weighted by molar-refractivity contribution is 1.04. The van der Waals surface area contributed by atoms with Crippen LogP contribution in [0, 0.1) is 0 Å². The van der Waals surface area contributed by atoms with Crippen molar-refractivity contribution in [3.63, 3.8) is 0 Å². The quantitative estimate of drug-likeness (QED) is 0.593. The largest absolute Gasteiger partial charge is 0.208 e. The molecule has 3 rings (SSSR count). The number of benzene rings is 2. The molecule has 25 heavy (non-hydrogen) atoms. The minimum absolute atomic E-state index is 0.630. The van der Waals surface area contributed by atoms with Crippen LogP contribution in [0.1, 0.15) is 12.7 Å². The molecule has 0 radical (unpaired) electrons. The molecule has 1 heterocycles. The first-order chi connectivity index (χ1) is 12.3. The van der Waals surface area contributed by atoms with Crippen LogP contribution in [0.3, 0.4) is 0 Å². The molecule has 1 aromatic heterocycles. The van der Waals surface area contributed by atoms with Gasteiger partial charge in [-0.1, -0.05) is 91.5 Å². The van der Waals surface area contributed by atoms with Crippen molar-refractivity contribution in [1.29, 1.82) is 0 Å². The standard InChI is InChI=1S/C22H19N3/c1-3-11-17(12-4-2)20-23-21(18-13-7-5-8-14-18)25-22(24-20)19-15-9-6-10-16-19/h3-16H,1H2,2H3/b12-4-,17-11+. The van der Waals surface area contributed by atoms with Crippen molar-refractivity contribution in [3.8, 4) is 22.8 Å². The summed E-state index contributed by atoms with van der Waals surface area (Å²) in [5, 5.41) is 0. The number of nitrogens with zero attached hydrogens (tertiary/aromatic N) is 3. The van der Waals surface area contributed by atoms with Gasteiger partial charge in [-0.05, 0) is 6.92 Å². The Labute approximate surface area is 148 Å². The highest BCUT2D eigenvalue weighted by Gasteiger charge is 2.11. The zero-order chi connectivity index (χ0) is 17.5. The second-order valence-corrected chi connectivity index (χ2v) is 5.40. The van der Waals surface area contributed by atoms with E-state index in [4.69, 9.17) is 0 Å². The van der Waals surface area contributed by atoms with Gasteiger partial charge < -0.3 is 0 Å². The van der Waals surface area contributed by atoms with E-state index in [-0.39, 0.29) is 0 Å². The van der Waals surface area contributed by atoms with Crippen LogP contribution < -0.4 is 0 Å². The molecule has 122 valence electrons. The Hall–Kier alpha value is -3.33. The Morgan fingerprint density at radius 2 is 1.32 bits per heavy atom. The number of rotatable bonds is 5. The van der Waals surface area contributed by atoms with E-state index in [2.05, 4.69) is 21.5 Å². The SMILES string of the molecule is C=C/C=C(\C=C/C)c1nc(-c2ccccc2)nc(-c2ccccc2)n1. The summed E-state index contributed by atoms with van der Waals surface area (Å²) in [5.74, 6) is 1.94. The molecule has 0 unspecified atom stereocenters. The topological polar surface area (TPSA) is 38.7 Å². The van der Waals surface area contributed by atoms with E-state index in [1.165, 1.54) is 0 Å². The Balaban J connectivity index is 2.21. The highest BCUT2D eigenvalue weighted by atomic mass is 15.0. The van der Waals surface area contributed by atoms with Crippen molar-refractivity contribution in [1.82, 2.24) is 15.0 Å². The molecule has 2 aromatic carbocycles. The van der Waals surface area contributed by atoms with E-state index in [0.717, 1.165) is 16.7 Å². The highest BCUT2D eigenvalue weighted by Crippen LogP contribution is 2.23. The van der Waals surface area contributed by atoms with Gasteiger partial charge in [0.2, 0.25) is 0 Å². The molecule has 0 saturated heterocycles. The Kier molecular flexibility index (Phi) is 5.27. The van der Waals surface area contributed by atoms with E-state index >= 15 is 0 Å². The van der Waals surface area contributed by atoms with Crippen LogP contribution >= 0.6 is 0 Å². The molecule has 0 atom stereocenters. The molecule has 0 saturated carbocycles. The highest BCUT2D eigenvalue weighted by molar-refractivity contribution is 5.73. The fourth-order valence-corrected chi connectivity index (χ4v) is 2.45. The van der Waals surface area contributed by atoms with Crippen molar-refractivity contribution in [2.24, 2.45) is 0 Å². The Morgan fingerprint density at radius 3 is 1.76 bits per heavy atom. The maximum absolute atomic E-state index is 4.68. The molecule has 0 spiro atoms. The van der Waals surface area contributed by atoms with Crippen LogP contribution in [-0.4, -0.2) is 15.0 Å². The molecule has 0 aliphatic rings. The van der Waals surface area contributed by atoms with Crippen LogP contribution in [0.5, 0.6) is 0 Å². The van der Waals surface area contributed by atoms with Crippen molar-refractivity contribution in [3.05, 3.63) is 97.4 Å². The molecular formula is C22H19N3. The minimum Gasteiger partial charge on any atom is -0.208 e. The van der Waals surface area contributed by atoms with E-state index in [9.17, 15) is 0 Å². The Bertz CT molecular complexity index is 853. The first-order valence-electron chi connectivity index (χ1n) is 8.14. The zero-order valence-corrected chi connectivity index (χ0v) is 14.1. The maximum Gasteiger partial charge on any atom is 0.164 e. The van der Waals surface area contributed by atoms with Gasteiger partial charge >= 0.3 is 0 Å². The van der Waals surface area contributed by atoms with Crippen LogP contribution in [0.15, 0.2) is 91.5 Å². The predicted molar refractivity (Wildman–Crippen MR) is 104 cm³/mol. The molecule has 3 nitrogen and oxygen atoms in total. The maximum atomic E-state index is 4.68. The lowest BCUT2D eigenvalue weighted by atomic mass is 10.1. The monoisotopic (exact) mass is 325 g/mol. The lowest BCUT2D eigenvalue weighted by Crippen LogP contribution is -2.02. The van der Waals surface area contributed by atoms with Gasteiger partial charge in [0.25, 0.3) is 0 Å². The van der Waals surface area contributed by atoms with Gasteiger partial charge in [-0.25, -0.2) is 15.0 Å². The van der Waals surface area contributed by atoms with Crippen LogP contribution in [0.4, 0.5) is 0 Å². The van der Waals surface area contributed by atoms with Gasteiger partial charge in [0.05, 0.1) is 0 Å². The van der Waals surface area contributed by atoms with Crippen molar-refractivity contribution in [2.75, 3.05) is 0 Å². The Morgan fingerprint density at radius 1 is 0.800 bits per heavy atom. The third kappa shape index (κ3) is 3.96. The van der Waals surface area contributed by atoms with E-state index < -0.39 is 0 Å². The second-order valence-electron chi connectivity index (χ2n) is 5.40. The molecular weight excluding hydrogens is 306 g/mol. The summed E-state index contributed by atoms with van der Waals surface area (Å²) in [7, 11) is 0. The molecule has 0 bridgehead atoms. The van der Waals surface area contributed by atoms with Crippen molar-refractivity contribution < 1.29 is 0 Å². The lowest BCUT2D eigenvalue weighted by Gasteiger charge is -2.08. The predicted octanol–water partition coefficient (Wildman–Crippen LogP) is 5.35. The van der Waals surface area contributed by atoms with Gasteiger partial charge in [-0.3, -0.25) is 0 Å². The smallest absolute Gasteiger partial charge is 0.164 e. The summed E-state index contributed by atoms with van der Waals surface area (Å²) in [6, 6.07) is 19.9. The van der Waals surface area contributed by atoms with Gasteiger partial charge in [-0.2, -0.15) is 0 Å². The molecule has 0 amide bonds. The first kappa shape index (κ1) is 16.5. The summed E-state index contributed by atoms with van der Waals surface area (Å²) in [6.45, 7) is 5.75. The molecule has 0 fully saturated rings. The number of aromatic nitrogens is 3. The van der Waals surface area contributed by atoms with Crippen LogP contribution in [0.25, 0.3) is 28.3 Å². The number of hydrogen-bond donors (Lipinski definition) is 0. The fourth-order valence-electron chi connectivity index (χ4n) is 2.45. The number of allylic oxidation sites excluding steroid dienone is 5.